The molecule has 1 aliphatic rings. The number of nitrogens with zero attached hydrogens (tertiary/aromatic N) is 5. The number of nitriles is 1. The molecule has 0 aliphatic carbocycles. The van der Waals surface area contributed by atoms with Crippen LogP contribution >= 0.6 is 11.6 Å². The third-order valence-corrected chi connectivity index (χ3v) is 5.37. The Morgan fingerprint density at radius 2 is 2.13 bits per heavy atom. The van der Waals surface area contributed by atoms with Crippen LogP contribution in [-0.4, -0.2) is 44.8 Å². The van der Waals surface area contributed by atoms with Crippen molar-refractivity contribution in [1.82, 2.24) is 19.7 Å². The van der Waals surface area contributed by atoms with Gasteiger partial charge < -0.3 is 16.0 Å². The van der Waals surface area contributed by atoms with Gasteiger partial charge in [-0.25, -0.2) is 9.78 Å². The second-order valence-electron chi connectivity index (χ2n) is 7.01. The number of pyridine rings is 1. The number of anilines is 1. The molecule has 2 unspecified atom stereocenters. The number of nitrogens with two attached hydrogens (primary N) is 1. The number of benzene rings is 1. The summed E-state index contributed by atoms with van der Waals surface area (Å²) >= 11 is 6.02. The van der Waals surface area contributed by atoms with E-state index in [1.807, 2.05) is 6.07 Å². The lowest BCUT2D eigenvalue weighted by atomic mass is 9.96. The lowest BCUT2D eigenvalue weighted by Gasteiger charge is -2.47. The molecular formula is C19H15ClF3N7O. The van der Waals surface area contributed by atoms with Gasteiger partial charge in [-0.3, -0.25) is 4.68 Å². The van der Waals surface area contributed by atoms with Gasteiger partial charge in [-0.1, -0.05) is 11.6 Å². The number of rotatable bonds is 4. The van der Waals surface area contributed by atoms with Gasteiger partial charge >= 0.3 is 12.2 Å². The number of hydrogen-bond donors (Lipinski definition) is 2. The first kappa shape index (κ1) is 20.7. The van der Waals surface area contributed by atoms with Crippen LogP contribution in [0, 0.1) is 11.3 Å². The molecule has 2 amide bonds. The van der Waals surface area contributed by atoms with E-state index in [-0.39, 0.29) is 36.0 Å². The molecule has 3 N–H and O–H groups in total. The van der Waals surface area contributed by atoms with Crippen molar-refractivity contribution >= 4 is 34.2 Å². The van der Waals surface area contributed by atoms with Gasteiger partial charge in [0.25, 0.3) is 0 Å². The molecule has 31 heavy (non-hydrogen) atoms. The Morgan fingerprint density at radius 1 is 1.35 bits per heavy atom. The number of hydrogen-bond acceptors (Lipinski definition) is 5. The fourth-order valence-corrected chi connectivity index (χ4v) is 3.75. The number of alkyl halides is 3. The van der Waals surface area contributed by atoms with Crippen molar-refractivity contribution in [3.8, 4) is 6.07 Å². The Morgan fingerprint density at radius 3 is 2.77 bits per heavy atom. The van der Waals surface area contributed by atoms with Gasteiger partial charge in [0.05, 0.1) is 17.6 Å². The number of halogens is 4. The third-order valence-electron chi connectivity index (χ3n) is 5.14. The summed E-state index contributed by atoms with van der Waals surface area (Å²) in [5.74, 6) is 0. The van der Waals surface area contributed by atoms with Crippen LogP contribution in [-0.2, 0) is 6.18 Å². The molecule has 12 heteroatoms. The fraction of sp³-hybridized carbons (Fsp3) is 0.263. The summed E-state index contributed by atoms with van der Waals surface area (Å²) in [4.78, 5) is 16.8. The third kappa shape index (κ3) is 3.94. The van der Waals surface area contributed by atoms with E-state index in [4.69, 9.17) is 22.6 Å². The Balaban J connectivity index is 1.65. The molecule has 3 heterocycles. The predicted octanol–water partition coefficient (Wildman–Crippen LogP) is 3.39. The van der Waals surface area contributed by atoms with Crippen LogP contribution in [0.15, 0.2) is 36.5 Å². The summed E-state index contributed by atoms with van der Waals surface area (Å²) in [6, 6.07) is 7.32. The molecule has 0 spiro atoms. The Kier molecular flexibility index (Phi) is 5.10. The summed E-state index contributed by atoms with van der Waals surface area (Å²) in [6.45, 7) is 0.364. The highest BCUT2D eigenvalue weighted by Gasteiger charge is 2.43. The Hall–Kier alpha value is -3.52. The summed E-state index contributed by atoms with van der Waals surface area (Å²) in [6.07, 6.45) is -3.02. The van der Waals surface area contributed by atoms with Crippen molar-refractivity contribution in [2.45, 2.75) is 18.3 Å². The lowest BCUT2D eigenvalue weighted by molar-refractivity contribution is -0.140. The first-order valence-electron chi connectivity index (χ1n) is 9.10. The van der Waals surface area contributed by atoms with E-state index >= 15 is 0 Å². The Labute approximate surface area is 179 Å². The topological polar surface area (TPSA) is 113 Å². The normalized spacial score (nSPS) is 18.5. The molecule has 0 saturated carbocycles. The van der Waals surface area contributed by atoms with Crippen LogP contribution in [0.25, 0.3) is 10.9 Å². The lowest BCUT2D eigenvalue weighted by Crippen LogP contribution is -2.63. The summed E-state index contributed by atoms with van der Waals surface area (Å²) in [7, 11) is 0. The van der Waals surface area contributed by atoms with Crippen molar-refractivity contribution in [2.75, 3.05) is 18.4 Å². The average molecular weight is 450 g/mol. The second-order valence-corrected chi connectivity index (χ2v) is 7.45. The standard InChI is InChI=1S/C19H15ClF3N7O/c20-10-1-2-13-12(5-10)14(6-17(27-13)19(21,22)23)26-8-15-16(9-29(15)18(25)31)30-4-3-11(7-24)28-30/h1-6,15-16H,8-9H2,(H2,25,31)(H,26,27). The van der Waals surface area contributed by atoms with Crippen molar-refractivity contribution in [2.24, 2.45) is 5.73 Å². The quantitative estimate of drug-likeness (QED) is 0.634. The van der Waals surface area contributed by atoms with Crippen LogP contribution in [0.3, 0.4) is 0 Å². The molecule has 3 aromatic rings. The van der Waals surface area contributed by atoms with E-state index in [1.165, 1.54) is 29.2 Å². The highest BCUT2D eigenvalue weighted by Crippen LogP contribution is 2.35. The molecule has 160 valence electrons. The number of aromatic nitrogens is 3. The van der Waals surface area contributed by atoms with E-state index in [9.17, 15) is 18.0 Å². The zero-order valence-electron chi connectivity index (χ0n) is 15.8. The first-order valence-corrected chi connectivity index (χ1v) is 9.48. The van der Waals surface area contributed by atoms with Gasteiger partial charge in [-0.2, -0.15) is 23.5 Å². The molecule has 1 fully saturated rings. The average Bonchev–Trinajstić information content (AvgIpc) is 3.14. The summed E-state index contributed by atoms with van der Waals surface area (Å²) in [5.41, 5.74) is 4.89. The first-order chi connectivity index (χ1) is 14.7. The van der Waals surface area contributed by atoms with E-state index < -0.39 is 23.9 Å². The van der Waals surface area contributed by atoms with Gasteiger partial charge in [-0.05, 0) is 30.3 Å². The predicted molar refractivity (Wildman–Crippen MR) is 106 cm³/mol. The number of carbonyl (C=O) groups excluding carboxylic acids is 1. The van der Waals surface area contributed by atoms with E-state index in [2.05, 4.69) is 15.4 Å². The number of fused-ring (bicyclic) bond motifs is 1. The van der Waals surface area contributed by atoms with Crippen molar-refractivity contribution < 1.29 is 18.0 Å². The molecule has 2 aromatic heterocycles. The molecule has 4 rings (SSSR count). The largest absolute Gasteiger partial charge is 0.433 e. The molecule has 8 nitrogen and oxygen atoms in total. The molecular weight excluding hydrogens is 435 g/mol. The van der Waals surface area contributed by atoms with Crippen molar-refractivity contribution in [3.05, 3.63) is 52.9 Å². The van der Waals surface area contributed by atoms with Crippen LogP contribution in [0.1, 0.15) is 17.4 Å². The summed E-state index contributed by atoms with van der Waals surface area (Å²) < 4.78 is 41.5. The van der Waals surface area contributed by atoms with Crippen molar-refractivity contribution in [1.29, 1.82) is 5.26 Å². The van der Waals surface area contributed by atoms with E-state index in [1.54, 1.807) is 10.9 Å². The maximum Gasteiger partial charge on any atom is 0.433 e. The number of likely N-dealkylation sites (tertiary alicyclic amines) is 1. The molecule has 0 bridgehead atoms. The van der Waals surface area contributed by atoms with Crippen LogP contribution < -0.4 is 11.1 Å². The monoisotopic (exact) mass is 449 g/mol. The minimum Gasteiger partial charge on any atom is -0.382 e. The van der Waals surface area contributed by atoms with Crippen molar-refractivity contribution in [3.63, 3.8) is 0 Å². The van der Waals surface area contributed by atoms with E-state index in [0.29, 0.717) is 10.4 Å². The maximum absolute atomic E-state index is 13.3. The van der Waals surface area contributed by atoms with Crippen LogP contribution in [0.2, 0.25) is 5.02 Å². The van der Waals surface area contributed by atoms with Crippen LogP contribution in [0.4, 0.5) is 23.7 Å². The second kappa shape index (κ2) is 7.63. The number of primary amides is 1. The van der Waals surface area contributed by atoms with Gasteiger partial charge in [0, 0.05) is 35.4 Å². The summed E-state index contributed by atoms with van der Waals surface area (Å²) in [5, 5.41) is 16.8. The maximum atomic E-state index is 13.3. The molecule has 0 radical (unpaired) electrons. The highest BCUT2D eigenvalue weighted by atomic mass is 35.5. The van der Waals surface area contributed by atoms with E-state index in [0.717, 1.165) is 6.07 Å². The van der Waals surface area contributed by atoms with Gasteiger partial charge in [-0.15, -0.1) is 0 Å². The number of urea groups is 1. The minimum atomic E-state index is -4.63. The smallest absolute Gasteiger partial charge is 0.382 e. The Bertz CT molecular complexity index is 1200. The van der Waals surface area contributed by atoms with Gasteiger partial charge in [0.1, 0.15) is 11.8 Å². The van der Waals surface area contributed by atoms with Gasteiger partial charge in [0.15, 0.2) is 5.69 Å². The zero-order valence-corrected chi connectivity index (χ0v) is 16.5. The molecule has 1 saturated heterocycles. The zero-order chi connectivity index (χ0) is 22.3. The van der Waals surface area contributed by atoms with Gasteiger partial charge in [0.2, 0.25) is 0 Å². The van der Waals surface area contributed by atoms with Crippen LogP contribution in [0.5, 0.6) is 0 Å². The highest BCUT2D eigenvalue weighted by molar-refractivity contribution is 6.31. The number of carbonyl (C=O) groups is 1. The number of amides is 2. The molecule has 2 atom stereocenters. The number of nitrogens with one attached hydrogen (secondary N) is 1. The molecule has 1 aliphatic heterocycles. The fourth-order valence-electron chi connectivity index (χ4n) is 3.57. The minimum absolute atomic E-state index is 0.0955. The molecule has 1 aromatic carbocycles. The SMILES string of the molecule is N#Cc1ccn(C2CN(C(N)=O)C2CNc2cc(C(F)(F)F)nc3ccc(Cl)cc23)n1.